The van der Waals surface area contributed by atoms with Crippen molar-refractivity contribution in [1.82, 2.24) is 0 Å². The molecule has 2 aliphatic carbocycles. The predicted octanol–water partition coefficient (Wildman–Crippen LogP) is 5.39. The van der Waals surface area contributed by atoms with Crippen molar-refractivity contribution in [1.29, 1.82) is 0 Å². The number of carboxylic acid groups (broad SMARTS) is 1. The zero-order chi connectivity index (χ0) is 18.4. The van der Waals surface area contributed by atoms with Gasteiger partial charge in [0.15, 0.2) is 0 Å². The van der Waals surface area contributed by atoms with Crippen LogP contribution in [0.4, 0.5) is 5.69 Å². The second-order valence-corrected chi connectivity index (χ2v) is 8.86. The summed E-state index contributed by atoms with van der Waals surface area (Å²) in [6, 6.07) is 16.5. The minimum atomic E-state index is -0.886. The Morgan fingerprint density at radius 2 is 1.85 bits per heavy atom. The van der Waals surface area contributed by atoms with Crippen LogP contribution in [0.3, 0.4) is 0 Å². The summed E-state index contributed by atoms with van der Waals surface area (Å²) in [5.41, 5.74) is 3.01. The molecule has 3 nitrogen and oxygen atoms in total. The summed E-state index contributed by atoms with van der Waals surface area (Å²) in [4.78, 5) is 12.2. The van der Waals surface area contributed by atoms with E-state index in [1.54, 1.807) is 0 Å². The van der Waals surface area contributed by atoms with Crippen LogP contribution in [0.1, 0.15) is 43.7 Å². The summed E-state index contributed by atoms with van der Waals surface area (Å²) < 4.78 is 0.952. The fraction of sp³-hybridized carbons (Fsp3) is 0.409. The van der Waals surface area contributed by atoms with E-state index >= 15 is 0 Å². The SMILES string of the molecule is C[C@H]1Cc2ccccc2C12CCC(Nc1cccc(Br)c1)(C(=O)O)CC2. The highest BCUT2D eigenvalue weighted by Gasteiger charge is 2.52. The third-order valence-electron chi connectivity index (χ3n) is 6.64. The van der Waals surface area contributed by atoms with Crippen molar-refractivity contribution in [3.63, 3.8) is 0 Å². The van der Waals surface area contributed by atoms with E-state index in [1.807, 2.05) is 24.3 Å². The van der Waals surface area contributed by atoms with Gasteiger partial charge in [0.1, 0.15) is 5.54 Å². The van der Waals surface area contributed by atoms with Gasteiger partial charge in [0.25, 0.3) is 0 Å². The summed E-state index contributed by atoms with van der Waals surface area (Å²) in [7, 11) is 0. The fourth-order valence-corrected chi connectivity index (χ4v) is 5.49. The molecule has 1 spiro atoms. The number of rotatable bonds is 3. The molecule has 2 N–H and O–H groups in total. The molecule has 2 aromatic carbocycles. The number of aliphatic carboxylic acids is 1. The molecule has 2 aliphatic rings. The Hall–Kier alpha value is -1.81. The number of halogens is 1. The van der Waals surface area contributed by atoms with Crippen molar-refractivity contribution < 1.29 is 9.90 Å². The molecule has 1 fully saturated rings. The number of carbonyl (C=O) groups is 1. The van der Waals surface area contributed by atoms with Gasteiger partial charge < -0.3 is 10.4 Å². The Morgan fingerprint density at radius 3 is 2.54 bits per heavy atom. The molecule has 0 radical (unpaired) electrons. The Labute approximate surface area is 162 Å². The van der Waals surface area contributed by atoms with Crippen molar-refractivity contribution in [2.24, 2.45) is 5.92 Å². The number of hydrogen-bond donors (Lipinski definition) is 2. The number of benzene rings is 2. The van der Waals surface area contributed by atoms with E-state index in [4.69, 9.17) is 0 Å². The monoisotopic (exact) mass is 413 g/mol. The second kappa shape index (κ2) is 6.41. The molecule has 0 heterocycles. The highest BCUT2D eigenvalue weighted by Crippen LogP contribution is 2.54. The normalized spacial score (nSPS) is 30.2. The van der Waals surface area contributed by atoms with E-state index in [-0.39, 0.29) is 5.41 Å². The molecular formula is C22H24BrNO2. The lowest BCUT2D eigenvalue weighted by molar-refractivity contribution is -0.144. The van der Waals surface area contributed by atoms with Crippen molar-refractivity contribution in [3.8, 4) is 0 Å². The average Bonchev–Trinajstić information content (AvgIpc) is 2.89. The van der Waals surface area contributed by atoms with E-state index in [0.717, 1.165) is 29.4 Å². The maximum Gasteiger partial charge on any atom is 0.329 e. The zero-order valence-corrected chi connectivity index (χ0v) is 16.6. The Kier molecular flexibility index (Phi) is 4.34. The molecule has 0 unspecified atom stereocenters. The molecule has 1 saturated carbocycles. The average molecular weight is 414 g/mol. The lowest BCUT2D eigenvalue weighted by Crippen LogP contribution is -2.52. The third-order valence-corrected chi connectivity index (χ3v) is 7.13. The summed E-state index contributed by atoms with van der Waals surface area (Å²) in [5.74, 6) is -0.177. The lowest BCUT2D eigenvalue weighted by Gasteiger charge is -2.46. The second-order valence-electron chi connectivity index (χ2n) is 7.94. The van der Waals surface area contributed by atoms with Crippen LogP contribution in [-0.2, 0) is 16.6 Å². The molecular weight excluding hydrogens is 390 g/mol. The molecule has 1 atom stereocenters. The van der Waals surface area contributed by atoms with Crippen LogP contribution in [0.5, 0.6) is 0 Å². The minimum Gasteiger partial charge on any atom is -0.480 e. The molecule has 2 aromatic rings. The van der Waals surface area contributed by atoms with Gasteiger partial charge in [-0.15, -0.1) is 0 Å². The number of hydrogen-bond acceptors (Lipinski definition) is 2. The van der Waals surface area contributed by atoms with E-state index in [1.165, 1.54) is 11.1 Å². The Balaban J connectivity index is 1.62. The number of fused-ring (bicyclic) bond motifs is 2. The molecule has 0 amide bonds. The minimum absolute atomic E-state index is 0.133. The molecule has 4 rings (SSSR count). The van der Waals surface area contributed by atoms with Crippen molar-refractivity contribution in [3.05, 3.63) is 64.1 Å². The molecule has 0 saturated heterocycles. The summed E-state index contributed by atoms with van der Waals surface area (Å²) in [6.07, 6.45) is 4.23. The summed E-state index contributed by atoms with van der Waals surface area (Å²) >= 11 is 3.47. The van der Waals surface area contributed by atoms with Gasteiger partial charge in [0, 0.05) is 10.2 Å². The predicted molar refractivity (Wildman–Crippen MR) is 108 cm³/mol. The fourth-order valence-electron chi connectivity index (χ4n) is 5.09. The lowest BCUT2D eigenvalue weighted by atomic mass is 9.61. The number of anilines is 1. The number of nitrogens with one attached hydrogen (secondary N) is 1. The first-order valence-electron chi connectivity index (χ1n) is 9.31. The molecule has 0 aromatic heterocycles. The first kappa shape index (κ1) is 17.6. The van der Waals surface area contributed by atoms with Crippen molar-refractivity contribution in [2.75, 3.05) is 5.32 Å². The van der Waals surface area contributed by atoms with Gasteiger partial charge in [0.05, 0.1) is 0 Å². The maximum atomic E-state index is 12.2. The highest BCUT2D eigenvalue weighted by atomic mass is 79.9. The van der Waals surface area contributed by atoms with Crippen LogP contribution in [-0.4, -0.2) is 16.6 Å². The van der Waals surface area contributed by atoms with Gasteiger partial charge in [0.2, 0.25) is 0 Å². The van der Waals surface area contributed by atoms with Gasteiger partial charge in [-0.1, -0.05) is 53.2 Å². The van der Waals surface area contributed by atoms with Gasteiger partial charge in [-0.3, -0.25) is 0 Å². The topological polar surface area (TPSA) is 49.3 Å². The molecule has 0 aliphatic heterocycles. The van der Waals surface area contributed by atoms with E-state index < -0.39 is 11.5 Å². The van der Waals surface area contributed by atoms with Gasteiger partial charge in [-0.2, -0.15) is 0 Å². The van der Waals surface area contributed by atoms with Crippen LogP contribution in [0.15, 0.2) is 53.0 Å². The largest absolute Gasteiger partial charge is 0.480 e. The van der Waals surface area contributed by atoms with Crippen LogP contribution in [0, 0.1) is 5.92 Å². The van der Waals surface area contributed by atoms with Crippen molar-refractivity contribution >= 4 is 27.6 Å². The first-order chi connectivity index (χ1) is 12.5. The zero-order valence-electron chi connectivity index (χ0n) is 15.0. The molecule has 136 valence electrons. The van der Waals surface area contributed by atoms with Crippen LogP contribution >= 0.6 is 15.9 Å². The van der Waals surface area contributed by atoms with E-state index in [9.17, 15) is 9.90 Å². The Bertz CT molecular complexity index is 840. The van der Waals surface area contributed by atoms with Crippen LogP contribution < -0.4 is 5.32 Å². The molecule has 0 bridgehead atoms. The van der Waals surface area contributed by atoms with Gasteiger partial charge >= 0.3 is 5.97 Å². The van der Waals surface area contributed by atoms with E-state index in [2.05, 4.69) is 52.4 Å². The van der Waals surface area contributed by atoms with Gasteiger partial charge in [-0.05, 0) is 72.8 Å². The standard InChI is InChI=1S/C22H24BrNO2/c1-15-13-16-5-2-3-8-19(16)21(15)9-11-22(12-10-21,20(25)26)24-18-7-4-6-17(23)14-18/h2-8,14-15,24H,9-13H2,1H3,(H,25,26)/t15-,21?,22?/m0/s1. The molecule has 26 heavy (non-hydrogen) atoms. The summed E-state index contributed by atoms with van der Waals surface area (Å²) in [5, 5.41) is 13.4. The van der Waals surface area contributed by atoms with Gasteiger partial charge in [-0.25, -0.2) is 4.79 Å². The van der Waals surface area contributed by atoms with Crippen molar-refractivity contribution in [2.45, 2.75) is 50.0 Å². The number of carboxylic acids is 1. The third kappa shape index (κ3) is 2.75. The van der Waals surface area contributed by atoms with Crippen LogP contribution in [0.2, 0.25) is 0 Å². The molecule has 4 heteroatoms. The summed E-state index contributed by atoms with van der Waals surface area (Å²) in [6.45, 7) is 2.33. The smallest absolute Gasteiger partial charge is 0.329 e. The first-order valence-corrected chi connectivity index (χ1v) is 10.1. The maximum absolute atomic E-state index is 12.2. The Morgan fingerprint density at radius 1 is 1.12 bits per heavy atom. The highest BCUT2D eigenvalue weighted by molar-refractivity contribution is 9.10. The van der Waals surface area contributed by atoms with E-state index in [0.29, 0.717) is 18.8 Å². The quantitative estimate of drug-likeness (QED) is 0.708. The van der Waals surface area contributed by atoms with Crippen LogP contribution in [0.25, 0.3) is 0 Å².